The van der Waals surface area contributed by atoms with Gasteiger partial charge in [-0.05, 0) is 52.2 Å². The standard InChI is InChI=1S/C16H21NO3/c1-16(2,3)20-15(19)17(13-7-5-8-13)14-9-4-6-12(10-14)11-18/h4,6,9-11,13H,5,7-8H2,1-3H3. The van der Waals surface area contributed by atoms with E-state index >= 15 is 0 Å². The average Bonchev–Trinajstić information content (AvgIpc) is 2.31. The highest BCUT2D eigenvalue weighted by Crippen LogP contribution is 2.31. The molecule has 0 aromatic heterocycles. The topological polar surface area (TPSA) is 46.6 Å². The lowest BCUT2D eigenvalue weighted by molar-refractivity contribution is 0.0549. The van der Waals surface area contributed by atoms with Crippen LogP contribution in [0.5, 0.6) is 0 Å². The van der Waals surface area contributed by atoms with Gasteiger partial charge < -0.3 is 4.74 Å². The lowest BCUT2D eigenvalue weighted by Gasteiger charge is -2.38. The summed E-state index contributed by atoms with van der Waals surface area (Å²) >= 11 is 0. The van der Waals surface area contributed by atoms with Crippen molar-refractivity contribution in [3.63, 3.8) is 0 Å². The monoisotopic (exact) mass is 275 g/mol. The Hall–Kier alpha value is -1.84. The molecule has 2 rings (SSSR count). The summed E-state index contributed by atoms with van der Waals surface area (Å²) in [6.07, 6.45) is 3.52. The van der Waals surface area contributed by atoms with Gasteiger partial charge in [0, 0.05) is 17.3 Å². The molecule has 1 aliphatic rings. The van der Waals surface area contributed by atoms with Gasteiger partial charge in [0.2, 0.25) is 0 Å². The molecule has 0 atom stereocenters. The maximum Gasteiger partial charge on any atom is 0.415 e. The Morgan fingerprint density at radius 1 is 1.35 bits per heavy atom. The van der Waals surface area contributed by atoms with Crippen LogP contribution in [0.2, 0.25) is 0 Å². The molecule has 0 saturated heterocycles. The summed E-state index contributed by atoms with van der Waals surface area (Å²) in [4.78, 5) is 25.0. The lowest BCUT2D eigenvalue weighted by Crippen LogP contribution is -2.46. The van der Waals surface area contributed by atoms with Gasteiger partial charge in [0.05, 0.1) is 0 Å². The number of ether oxygens (including phenoxy) is 1. The minimum Gasteiger partial charge on any atom is -0.443 e. The van der Waals surface area contributed by atoms with Crippen molar-refractivity contribution in [2.75, 3.05) is 4.90 Å². The van der Waals surface area contributed by atoms with Crippen LogP contribution in [0, 0.1) is 0 Å². The number of carbonyl (C=O) groups is 2. The summed E-state index contributed by atoms with van der Waals surface area (Å²) in [6.45, 7) is 5.56. The largest absolute Gasteiger partial charge is 0.443 e. The van der Waals surface area contributed by atoms with Gasteiger partial charge in [-0.3, -0.25) is 9.69 Å². The molecule has 108 valence electrons. The van der Waals surface area contributed by atoms with Crippen molar-refractivity contribution in [1.29, 1.82) is 0 Å². The molecule has 20 heavy (non-hydrogen) atoms. The molecular weight excluding hydrogens is 254 g/mol. The minimum absolute atomic E-state index is 0.173. The Morgan fingerprint density at radius 3 is 2.55 bits per heavy atom. The van der Waals surface area contributed by atoms with E-state index in [9.17, 15) is 9.59 Å². The predicted molar refractivity (Wildman–Crippen MR) is 78.2 cm³/mol. The van der Waals surface area contributed by atoms with Gasteiger partial charge >= 0.3 is 6.09 Å². The molecule has 4 nitrogen and oxygen atoms in total. The molecule has 0 radical (unpaired) electrons. The van der Waals surface area contributed by atoms with E-state index in [1.165, 1.54) is 0 Å². The second-order valence-corrected chi connectivity index (χ2v) is 6.15. The number of carbonyl (C=O) groups excluding carboxylic acids is 2. The van der Waals surface area contributed by atoms with E-state index in [0.717, 1.165) is 31.2 Å². The fourth-order valence-corrected chi connectivity index (χ4v) is 2.17. The zero-order valence-electron chi connectivity index (χ0n) is 12.3. The molecule has 0 heterocycles. The van der Waals surface area contributed by atoms with E-state index in [4.69, 9.17) is 4.74 Å². The third-order valence-corrected chi connectivity index (χ3v) is 3.31. The zero-order valence-corrected chi connectivity index (χ0v) is 12.3. The minimum atomic E-state index is -0.526. The van der Waals surface area contributed by atoms with Gasteiger partial charge in [0.1, 0.15) is 11.9 Å². The van der Waals surface area contributed by atoms with Crippen molar-refractivity contribution < 1.29 is 14.3 Å². The SMILES string of the molecule is CC(C)(C)OC(=O)N(c1cccc(C=O)c1)C1CCC1. The third-order valence-electron chi connectivity index (χ3n) is 3.31. The highest BCUT2D eigenvalue weighted by atomic mass is 16.6. The summed E-state index contributed by atoms with van der Waals surface area (Å²) in [6, 6.07) is 7.26. The van der Waals surface area contributed by atoms with Gasteiger partial charge in [-0.2, -0.15) is 0 Å². The summed E-state index contributed by atoms with van der Waals surface area (Å²) in [5.74, 6) is 0. The fourth-order valence-electron chi connectivity index (χ4n) is 2.17. The van der Waals surface area contributed by atoms with Crippen LogP contribution in [-0.2, 0) is 4.74 Å². The maximum atomic E-state index is 12.4. The van der Waals surface area contributed by atoms with E-state index in [0.29, 0.717) is 5.56 Å². The molecule has 0 bridgehead atoms. The van der Waals surface area contributed by atoms with Gasteiger partial charge in [-0.15, -0.1) is 0 Å². The number of amides is 1. The summed E-state index contributed by atoms with van der Waals surface area (Å²) in [5, 5.41) is 0. The lowest BCUT2D eigenvalue weighted by atomic mass is 9.91. The molecule has 0 aliphatic heterocycles. The number of aldehydes is 1. The molecule has 0 N–H and O–H groups in total. The Kier molecular flexibility index (Phi) is 4.12. The van der Waals surface area contributed by atoms with Crippen LogP contribution in [0.15, 0.2) is 24.3 Å². The quantitative estimate of drug-likeness (QED) is 0.788. The molecule has 1 aromatic rings. The molecule has 1 amide bonds. The van der Waals surface area contributed by atoms with Crippen molar-refractivity contribution >= 4 is 18.1 Å². The number of hydrogen-bond donors (Lipinski definition) is 0. The predicted octanol–water partition coefficient (Wildman–Crippen LogP) is 3.79. The molecule has 4 heteroatoms. The highest BCUT2D eigenvalue weighted by Gasteiger charge is 2.33. The van der Waals surface area contributed by atoms with Gasteiger partial charge in [-0.25, -0.2) is 4.79 Å². The first-order chi connectivity index (χ1) is 9.40. The first kappa shape index (κ1) is 14.6. The number of nitrogens with zero attached hydrogens (tertiary/aromatic N) is 1. The van der Waals surface area contributed by atoms with Crippen molar-refractivity contribution in [2.45, 2.75) is 51.7 Å². The van der Waals surface area contributed by atoms with Gasteiger partial charge in [-0.1, -0.05) is 12.1 Å². The van der Waals surface area contributed by atoms with Gasteiger partial charge in [0.15, 0.2) is 0 Å². The molecule has 1 fully saturated rings. The van der Waals surface area contributed by atoms with Crippen molar-refractivity contribution in [1.82, 2.24) is 0 Å². The van der Waals surface area contributed by atoms with Crippen molar-refractivity contribution in [2.24, 2.45) is 0 Å². The molecule has 0 unspecified atom stereocenters. The molecule has 1 aliphatic carbocycles. The van der Waals surface area contributed by atoms with E-state index in [2.05, 4.69) is 0 Å². The van der Waals surface area contributed by atoms with Crippen LogP contribution in [0.4, 0.5) is 10.5 Å². The number of rotatable bonds is 3. The molecule has 1 saturated carbocycles. The first-order valence-electron chi connectivity index (χ1n) is 6.98. The maximum absolute atomic E-state index is 12.4. The Morgan fingerprint density at radius 2 is 2.05 bits per heavy atom. The van der Waals surface area contributed by atoms with E-state index in [1.807, 2.05) is 26.8 Å². The molecule has 1 aromatic carbocycles. The fraction of sp³-hybridized carbons (Fsp3) is 0.500. The number of hydrogen-bond acceptors (Lipinski definition) is 3. The summed E-state index contributed by atoms with van der Waals surface area (Å²) in [7, 11) is 0. The number of benzene rings is 1. The van der Waals surface area contributed by atoms with Crippen LogP contribution >= 0.6 is 0 Å². The third kappa shape index (κ3) is 3.38. The Bertz CT molecular complexity index is 501. The van der Waals surface area contributed by atoms with E-state index < -0.39 is 5.60 Å². The second-order valence-electron chi connectivity index (χ2n) is 6.15. The summed E-state index contributed by atoms with van der Waals surface area (Å²) < 4.78 is 5.48. The zero-order chi connectivity index (χ0) is 14.8. The molecule has 0 spiro atoms. The van der Waals surface area contributed by atoms with Crippen molar-refractivity contribution in [3.05, 3.63) is 29.8 Å². The highest BCUT2D eigenvalue weighted by molar-refractivity contribution is 5.90. The normalized spacial score (nSPS) is 15.3. The van der Waals surface area contributed by atoms with E-state index in [-0.39, 0.29) is 12.1 Å². The first-order valence-corrected chi connectivity index (χ1v) is 6.98. The number of anilines is 1. The smallest absolute Gasteiger partial charge is 0.415 e. The Balaban J connectivity index is 2.27. The van der Waals surface area contributed by atoms with Crippen LogP contribution in [0.25, 0.3) is 0 Å². The second kappa shape index (κ2) is 5.65. The van der Waals surface area contributed by atoms with Crippen LogP contribution in [0.3, 0.4) is 0 Å². The van der Waals surface area contributed by atoms with Crippen LogP contribution in [0.1, 0.15) is 50.4 Å². The van der Waals surface area contributed by atoms with E-state index in [1.54, 1.807) is 23.1 Å². The summed E-state index contributed by atoms with van der Waals surface area (Å²) in [5.41, 5.74) is 0.769. The van der Waals surface area contributed by atoms with Gasteiger partial charge in [0.25, 0.3) is 0 Å². The molecular formula is C16H21NO3. The average molecular weight is 275 g/mol. The Labute approximate surface area is 119 Å². The van der Waals surface area contributed by atoms with Crippen molar-refractivity contribution in [3.8, 4) is 0 Å². The van der Waals surface area contributed by atoms with Crippen LogP contribution in [-0.4, -0.2) is 24.0 Å². The van der Waals surface area contributed by atoms with Crippen LogP contribution < -0.4 is 4.90 Å².